The maximum Gasteiger partial charge on any atom is 0.338 e. The number of hydrogen-bond donors (Lipinski definition) is 1. The molecule has 0 bridgehead atoms. The number of rotatable bonds is 6. The van der Waals surface area contributed by atoms with E-state index in [0.29, 0.717) is 15.6 Å². The molecule has 0 unspecified atom stereocenters. The van der Waals surface area contributed by atoms with Gasteiger partial charge in [0.25, 0.3) is 15.9 Å². The summed E-state index contributed by atoms with van der Waals surface area (Å²) in [6, 6.07) is 10.5. The number of hydrogen-bond acceptors (Lipinski definition) is 6. The van der Waals surface area contributed by atoms with E-state index in [0.717, 1.165) is 12.1 Å². The Kier molecular flexibility index (Phi) is 6.21. The normalized spacial score (nSPS) is 15.2. The number of anilines is 1. The first-order chi connectivity index (χ1) is 14.6. The van der Waals surface area contributed by atoms with Crippen LogP contribution in [0.3, 0.4) is 0 Å². The molecule has 0 saturated carbocycles. The molecule has 3 rings (SSSR count). The van der Waals surface area contributed by atoms with Gasteiger partial charge in [0.2, 0.25) is 5.91 Å². The van der Waals surface area contributed by atoms with E-state index in [1.807, 2.05) is 0 Å². The van der Waals surface area contributed by atoms with Gasteiger partial charge in [0.15, 0.2) is 0 Å². The van der Waals surface area contributed by atoms with Crippen LogP contribution in [0.4, 0.5) is 10.1 Å². The standard InChI is InChI=1S/C21H19FN2O6S/c1-3-30-21(27)15-6-10-17(11-7-15)23-18(25)12-24-20(26)13(2)19(31(24,28)29)14-4-8-16(22)9-5-14/h4-11H,3,12H2,1-2H3,(H,23,25). The maximum absolute atomic E-state index is 13.2. The van der Waals surface area contributed by atoms with Crippen LogP contribution in [0, 0.1) is 5.82 Å². The Hall–Kier alpha value is -3.53. The number of benzene rings is 2. The van der Waals surface area contributed by atoms with E-state index in [1.165, 1.54) is 43.3 Å². The number of amides is 2. The molecule has 0 radical (unpaired) electrons. The zero-order chi connectivity index (χ0) is 22.8. The van der Waals surface area contributed by atoms with Crippen molar-refractivity contribution in [3.63, 3.8) is 0 Å². The van der Waals surface area contributed by atoms with Gasteiger partial charge in [0, 0.05) is 11.3 Å². The van der Waals surface area contributed by atoms with Crippen molar-refractivity contribution < 1.29 is 31.9 Å². The fourth-order valence-corrected chi connectivity index (χ4v) is 4.83. The van der Waals surface area contributed by atoms with Gasteiger partial charge >= 0.3 is 5.97 Å². The van der Waals surface area contributed by atoms with Crippen molar-refractivity contribution in [2.45, 2.75) is 13.8 Å². The van der Waals surface area contributed by atoms with Crippen LogP contribution in [0.25, 0.3) is 4.91 Å². The number of carbonyl (C=O) groups excluding carboxylic acids is 3. The van der Waals surface area contributed by atoms with Gasteiger partial charge in [-0.3, -0.25) is 9.59 Å². The third-order valence-electron chi connectivity index (χ3n) is 4.51. The number of sulfonamides is 1. The molecule has 2 aromatic carbocycles. The lowest BCUT2D eigenvalue weighted by Crippen LogP contribution is -2.38. The predicted octanol–water partition coefficient (Wildman–Crippen LogP) is 2.54. The van der Waals surface area contributed by atoms with Crippen molar-refractivity contribution in [1.29, 1.82) is 0 Å². The van der Waals surface area contributed by atoms with Gasteiger partial charge in [-0.05, 0) is 55.8 Å². The van der Waals surface area contributed by atoms with Crippen LogP contribution >= 0.6 is 0 Å². The summed E-state index contributed by atoms with van der Waals surface area (Å²) in [6.07, 6.45) is 0. The lowest BCUT2D eigenvalue weighted by Gasteiger charge is -2.16. The second-order valence-electron chi connectivity index (χ2n) is 6.62. The maximum atomic E-state index is 13.2. The summed E-state index contributed by atoms with van der Waals surface area (Å²) < 4.78 is 44.3. The Morgan fingerprint density at radius 2 is 1.68 bits per heavy atom. The van der Waals surface area contributed by atoms with Crippen LogP contribution in [-0.2, 0) is 24.3 Å². The van der Waals surface area contributed by atoms with E-state index in [2.05, 4.69) is 5.32 Å². The van der Waals surface area contributed by atoms with Crippen LogP contribution in [-0.4, -0.2) is 43.7 Å². The summed E-state index contributed by atoms with van der Waals surface area (Å²) in [4.78, 5) is 36.3. The predicted molar refractivity (Wildman–Crippen MR) is 111 cm³/mol. The lowest BCUT2D eigenvalue weighted by molar-refractivity contribution is -0.126. The molecular weight excluding hydrogens is 427 g/mol. The molecule has 0 aliphatic carbocycles. The summed E-state index contributed by atoms with van der Waals surface area (Å²) in [7, 11) is -4.28. The highest BCUT2D eigenvalue weighted by Crippen LogP contribution is 2.35. The van der Waals surface area contributed by atoms with E-state index in [-0.39, 0.29) is 22.6 Å². The van der Waals surface area contributed by atoms with Crippen molar-refractivity contribution in [3.05, 3.63) is 71.0 Å². The lowest BCUT2D eigenvalue weighted by atomic mass is 10.1. The van der Waals surface area contributed by atoms with E-state index in [1.54, 1.807) is 6.92 Å². The minimum Gasteiger partial charge on any atom is -0.462 e. The van der Waals surface area contributed by atoms with Crippen LogP contribution in [0.2, 0.25) is 0 Å². The van der Waals surface area contributed by atoms with Gasteiger partial charge < -0.3 is 10.1 Å². The van der Waals surface area contributed by atoms with E-state index in [9.17, 15) is 27.2 Å². The summed E-state index contributed by atoms with van der Waals surface area (Å²) in [5.41, 5.74) is 0.703. The highest BCUT2D eigenvalue weighted by Gasteiger charge is 2.43. The molecule has 1 aliphatic heterocycles. The number of ether oxygens (including phenoxy) is 1. The molecule has 0 saturated heterocycles. The topological polar surface area (TPSA) is 110 Å². The van der Waals surface area contributed by atoms with Crippen molar-refractivity contribution in [2.75, 3.05) is 18.5 Å². The molecule has 0 fully saturated rings. The average molecular weight is 446 g/mol. The first kappa shape index (κ1) is 22.2. The second kappa shape index (κ2) is 8.68. The van der Waals surface area contributed by atoms with Gasteiger partial charge in [0.1, 0.15) is 17.3 Å². The van der Waals surface area contributed by atoms with Gasteiger partial charge in [-0.2, -0.15) is 0 Å². The highest BCUT2D eigenvalue weighted by molar-refractivity contribution is 7.99. The molecule has 10 heteroatoms. The third-order valence-corrected chi connectivity index (χ3v) is 6.44. The summed E-state index contributed by atoms with van der Waals surface area (Å²) >= 11 is 0. The van der Waals surface area contributed by atoms with Gasteiger partial charge in [-0.15, -0.1) is 0 Å². The van der Waals surface area contributed by atoms with Gasteiger partial charge in [-0.25, -0.2) is 21.9 Å². The molecule has 162 valence electrons. The van der Waals surface area contributed by atoms with Crippen molar-refractivity contribution in [3.8, 4) is 0 Å². The highest BCUT2D eigenvalue weighted by atomic mass is 32.2. The Bertz CT molecular complexity index is 1170. The summed E-state index contributed by atoms with van der Waals surface area (Å²) in [6.45, 7) is 2.51. The molecule has 31 heavy (non-hydrogen) atoms. The minimum absolute atomic E-state index is 0.0572. The third kappa shape index (κ3) is 4.48. The number of esters is 1. The zero-order valence-electron chi connectivity index (χ0n) is 16.7. The van der Waals surface area contributed by atoms with Crippen molar-refractivity contribution in [1.82, 2.24) is 4.31 Å². The average Bonchev–Trinajstić information content (AvgIpc) is 2.89. The molecule has 8 nitrogen and oxygen atoms in total. The number of nitrogens with one attached hydrogen (secondary N) is 1. The van der Waals surface area contributed by atoms with Crippen molar-refractivity contribution >= 4 is 38.4 Å². The van der Waals surface area contributed by atoms with E-state index < -0.39 is 40.2 Å². The Balaban J connectivity index is 1.74. The van der Waals surface area contributed by atoms with E-state index in [4.69, 9.17) is 4.74 Å². The monoisotopic (exact) mass is 446 g/mol. The second-order valence-corrected chi connectivity index (χ2v) is 8.42. The molecule has 1 heterocycles. The molecule has 0 atom stereocenters. The molecule has 0 aromatic heterocycles. The number of carbonyl (C=O) groups is 3. The Labute approximate surface area is 178 Å². The van der Waals surface area contributed by atoms with Crippen LogP contribution in [0.15, 0.2) is 54.1 Å². The van der Waals surface area contributed by atoms with E-state index >= 15 is 0 Å². The van der Waals surface area contributed by atoms with Crippen LogP contribution in [0.5, 0.6) is 0 Å². The first-order valence-corrected chi connectivity index (χ1v) is 10.7. The van der Waals surface area contributed by atoms with Gasteiger partial charge in [-0.1, -0.05) is 12.1 Å². The molecule has 1 aliphatic rings. The first-order valence-electron chi connectivity index (χ1n) is 9.26. The summed E-state index contributed by atoms with van der Waals surface area (Å²) in [5, 5.41) is 2.48. The smallest absolute Gasteiger partial charge is 0.338 e. The fourth-order valence-electron chi connectivity index (χ4n) is 3.06. The quantitative estimate of drug-likeness (QED) is 0.683. The SMILES string of the molecule is CCOC(=O)c1ccc(NC(=O)CN2C(=O)C(C)=C(c3ccc(F)cc3)S2(=O)=O)cc1. The fraction of sp³-hybridized carbons (Fsp3) is 0.190. The molecule has 2 aromatic rings. The summed E-state index contributed by atoms with van der Waals surface area (Å²) in [5.74, 6) is -2.63. The Morgan fingerprint density at radius 3 is 2.26 bits per heavy atom. The zero-order valence-corrected chi connectivity index (χ0v) is 17.5. The number of nitrogens with zero attached hydrogens (tertiary/aromatic N) is 1. The van der Waals surface area contributed by atoms with Crippen molar-refractivity contribution in [2.24, 2.45) is 0 Å². The molecule has 0 spiro atoms. The van der Waals surface area contributed by atoms with Crippen LogP contribution in [0.1, 0.15) is 29.8 Å². The Morgan fingerprint density at radius 1 is 1.06 bits per heavy atom. The molecule has 2 amide bonds. The molecule has 1 N–H and O–H groups in total. The molecular formula is C21H19FN2O6S. The number of halogens is 1. The largest absolute Gasteiger partial charge is 0.462 e. The van der Waals surface area contributed by atoms with Gasteiger partial charge in [0.05, 0.1) is 12.2 Å². The minimum atomic E-state index is -4.28. The van der Waals surface area contributed by atoms with Crippen LogP contribution < -0.4 is 5.32 Å².